The van der Waals surface area contributed by atoms with Crippen molar-refractivity contribution in [1.29, 1.82) is 0 Å². The Bertz CT molecular complexity index is 578. The number of ether oxygens (including phenoxy) is 1. The van der Waals surface area contributed by atoms with Gasteiger partial charge in [0, 0.05) is 12.3 Å². The van der Waals surface area contributed by atoms with E-state index in [1.54, 1.807) is 0 Å². The van der Waals surface area contributed by atoms with Gasteiger partial charge >= 0.3 is 0 Å². The maximum absolute atomic E-state index is 12.9. The Balaban J connectivity index is 1.97. The van der Waals surface area contributed by atoms with Gasteiger partial charge in [0.2, 0.25) is 5.91 Å². The molecule has 1 fully saturated rings. The van der Waals surface area contributed by atoms with Crippen LogP contribution in [-0.2, 0) is 16.0 Å². The first-order chi connectivity index (χ1) is 9.95. The fourth-order valence-electron chi connectivity index (χ4n) is 3.70. The lowest BCUT2D eigenvalue weighted by Gasteiger charge is -2.35. The molecule has 1 heterocycles. The Kier molecular flexibility index (Phi) is 3.40. The van der Waals surface area contributed by atoms with Crippen LogP contribution in [-0.4, -0.2) is 22.6 Å². The van der Waals surface area contributed by atoms with Crippen LogP contribution >= 0.6 is 0 Å². The SMILES string of the molecule is C=CC[C@@H](C)C(=O)N1[C@H]2c3ccccc3C[C@H]2OC1(C)C. The van der Waals surface area contributed by atoms with Crippen LogP contribution in [0.15, 0.2) is 36.9 Å². The molecular weight excluding hydrogens is 262 g/mol. The molecule has 1 saturated heterocycles. The summed E-state index contributed by atoms with van der Waals surface area (Å²) in [6.07, 6.45) is 3.48. The van der Waals surface area contributed by atoms with E-state index in [4.69, 9.17) is 4.74 Å². The average Bonchev–Trinajstić information content (AvgIpc) is 2.88. The molecule has 0 N–H and O–H groups in total. The lowest BCUT2D eigenvalue weighted by atomic mass is 10.0. The van der Waals surface area contributed by atoms with Crippen LogP contribution in [0.3, 0.4) is 0 Å². The largest absolute Gasteiger partial charge is 0.350 e. The molecule has 2 aliphatic rings. The molecule has 0 saturated carbocycles. The molecule has 3 heteroatoms. The molecule has 112 valence electrons. The van der Waals surface area contributed by atoms with E-state index in [-0.39, 0.29) is 24.0 Å². The van der Waals surface area contributed by atoms with Crippen LogP contribution in [0.2, 0.25) is 0 Å². The van der Waals surface area contributed by atoms with Crippen LogP contribution in [0.1, 0.15) is 44.4 Å². The number of hydrogen-bond donors (Lipinski definition) is 0. The molecule has 0 spiro atoms. The first kappa shape index (κ1) is 14.3. The van der Waals surface area contributed by atoms with Gasteiger partial charge in [-0.2, -0.15) is 0 Å². The van der Waals surface area contributed by atoms with Crippen molar-refractivity contribution < 1.29 is 9.53 Å². The second-order valence-electron chi connectivity index (χ2n) is 6.58. The number of rotatable bonds is 3. The highest BCUT2D eigenvalue weighted by Crippen LogP contribution is 2.48. The van der Waals surface area contributed by atoms with Gasteiger partial charge in [-0.15, -0.1) is 6.58 Å². The van der Waals surface area contributed by atoms with Crippen LogP contribution < -0.4 is 0 Å². The summed E-state index contributed by atoms with van der Waals surface area (Å²) in [6, 6.07) is 8.42. The van der Waals surface area contributed by atoms with E-state index in [1.165, 1.54) is 11.1 Å². The van der Waals surface area contributed by atoms with E-state index in [2.05, 4.69) is 24.8 Å². The maximum Gasteiger partial charge on any atom is 0.228 e. The zero-order valence-electron chi connectivity index (χ0n) is 13.0. The van der Waals surface area contributed by atoms with Gasteiger partial charge in [0.25, 0.3) is 0 Å². The van der Waals surface area contributed by atoms with Crippen molar-refractivity contribution >= 4 is 5.91 Å². The fourth-order valence-corrected chi connectivity index (χ4v) is 3.70. The van der Waals surface area contributed by atoms with Crippen molar-refractivity contribution in [2.75, 3.05) is 0 Å². The van der Waals surface area contributed by atoms with Gasteiger partial charge in [-0.25, -0.2) is 0 Å². The summed E-state index contributed by atoms with van der Waals surface area (Å²) in [5.41, 5.74) is 2.00. The van der Waals surface area contributed by atoms with Crippen molar-refractivity contribution in [3.05, 3.63) is 48.0 Å². The Morgan fingerprint density at radius 3 is 2.95 bits per heavy atom. The van der Waals surface area contributed by atoms with Gasteiger partial charge in [-0.05, 0) is 31.4 Å². The van der Waals surface area contributed by atoms with E-state index in [0.29, 0.717) is 6.42 Å². The Labute approximate surface area is 126 Å². The van der Waals surface area contributed by atoms with Crippen molar-refractivity contribution in [2.24, 2.45) is 5.92 Å². The summed E-state index contributed by atoms with van der Waals surface area (Å²) < 4.78 is 6.20. The molecule has 3 nitrogen and oxygen atoms in total. The Hall–Kier alpha value is -1.61. The topological polar surface area (TPSA) is 29.5 Å². The van der Waals surface area contributed by atoms with Gasteiger partial charge < -0.3 is 9.64 Å². The zero-order chi connectivity index (χ0) is 15.2. The molecule has 21 heavy (non-hydrogen) atoms. The second kappa shape index (κ2) is 4.99. The van der Waals surface area contributed by atoms with Gasteiger partial charge in [-0.1, -0.05) is 37.3 Å². The maximum atomic E-state index is 12.9. The van der Waals surface area contributed by atoms with Gasteiger partial charge in [0.15, 0.2) is 0 Å². The number of allylic oxidation sites excluding steroid dienone is 1. The molecule has 1 amide bonds. The Morgan fingerprint density at radius 2 is 2.24 bits per heavy atom. The molecule has 3 atom stereocenters. The second-order valence-corrected chi connectivity index (χ2v) is 6.58. The first-order valence-corrected chi connectivity index (χ1v) is 7.65. The highest BCUT2D eigenvalue weighted by atomic mass is 16.5. The minimum atomic E-state index is -0.546. The molecule has 0 unspecified atom stereocenters. The fraction of sp³-hybridized carbons (Fsp3) is 0.500. The summed E-state index contributed by atoms with van der Waals surface area (Å²) in [7, 11) is 0. The van der Waals surface area contributed by atoms with E-state index >= 15 is 0 Å². The normalized spacial score (nSPS) is 27.1. The quantitative estimate of drug-likeness (QED) is 0.796. The summed E-state index contributed by atoms with van der Waals surface area (Å²) >= 11 is 0. The van der Waals surface area contributed by atoms with Crippen molar-refractivity contribution in [3.63, 3.8) is 0 Å². The summed E-state index contributed by atoms with van der Waals surface area (Å²) in [5.74, 6) is 0.0981. The lowest BCUT2D eigenvalue weighted by molar-refractivity contribution is -0.151. The van der Waals surface area contributed by atoms with Crippen LogP contribution in [0.4, 0.5) is 0 Å². The number of amides is 1. The smallest absolute Gasteiger partial charge is 0.228 e. The third kappa shape index (κ3) is 2.20. The zero-order valence-corrected chi connectivity index (χ0v) is 13.0. The number of carbonyl (C=O) groups excluding carboxylic acids is 1. The highest BCUT2D eigenvalue weighted by Gasteiger charge is 2.53. The average molecular weight is 285 g/mol. The molecule has 0 radical (unpaired) electrons. The standard InChI is InChI=1S/C18H23NO2/c1-5-8-12(2)17(20)19-16-14-10-7-6-9-13(14)11-15(16)21-18(19,3)4/h5-7,9-10,12,15-16H,1,8,11H2,2-4H3/t12-,15-,16+/m1/s1. The summed E-state index contributed by atoms with van der Waals surface area (Å²) in [5, 5.41) is 0. The van der Waals surface area contributed by atoms with Gasteiger partial charge in [0.05, 0.1) is 12.1 Å². The number of fused-ring (bicyclic) bond motifs is 3. The van der Waals surface area contributed by atoms with Crippen LogP contribution in [0, 0.1) is 5.92 Å². The highest BCUT2D eigenvalue weighted by molar-refractivity contribution is 5.80. The first-order valence-electron chi connectivity index (χ1n) is 7.65. The van der Waals surface area contributed by atoms with E-state index < -0.39 is 5.72 Å². The molecule has 1 aliphatic carbocycles. The van der Waals surface area contributed by atoms with E-state index in [9.17, 15) is 4.79 Å². The van der Waals surface area contributed by atoms with Crippen molar-refractivity contribution in [3.8, 4) is 0 Å². The van der Waals surface area contributed by atoms with Gasteiger partial charge in [-0.3, -0.25) is 4.79 Å². The number of benzene rings is 1. The number of carbonyl (C=O) groups is 1. The third-order valence-electron chi connectivity index (χ3n) is 4.62. The summed E-state index contributed by atoms with van der Waals surface area (Å²) in [4.78, 5) is 14.9. The van der Waals surface area contributed by atoms with Crippen molar-refractivity contribution in [1.82, 2.24) is 4.90 Å². The molecular formula is C18H23NO2. The van der Waals surface area contributed by atoms with Crippen LogP contribution in [0.25, 0.3) is 0 Å². The Morgan fingerprint density at radius 1 is 1.52 bits per heavy atom. The van der Waals surface area contributed by atoms with Crippen LogP contribution in [0.5, 0.6) is 0 Å². The molecule has 1 aromatic carbocycles. The van der Waals surface area contributed by atoms with Gasteiger partial charge in [0.1, 0.15) is 5.72 Å². The predicted molar refractivity (Wildman–Crippen MR) is 82.7 cm³/mol. The summed E-state index contributed by atoms with van der Waals surface area (Å²) in [6.45, 7) is 9.70. The molecule has 1 aromatic rings. The van der Waals surface area contributed by atoms with E-state index in [0.717, 1.165) is 6.42 Å². The minimum Gasteiger partial charge on any atom is -0.350 e. The molecule has 0 bridgehead atoms. The number of nitrogens with zero attached hydrogens (tertiary/aromatic N) is 1. The monoisotopic (exact) mass is 285 g/mol. The lowest BCUT2D eigenvalue weighted by Crippen LogP contribution is -2.47. The van der Waals surface area contributed by atoms with E-state index in [1.807, 2.05) is 37.8 Å². The predicted octanol–water partition coefficient (Wildman–Crippen LogP) is 3.46. The third-order valence-corrected chi connectivity index (χ3v) is 4.62. The van der Waals surface area contributed by atoms with Crippen molar-refractivity contribution in [2.45, 2.75) is 51.5 Å². The molecule has 3 rings (SSSR count). The molecule has 1 aliphatic heterocycles. The minimum absolute atomic E-state index is 0.0518. The molecule has 0 aromatic heterocycles. The number of hydrogen-bond acceptors (Lipinski definition) is 2.